The Morgan fingerprint density at radius 3 is 2.43 bits per heavy atom. The molecule has 4 heterocycles. The number of nitrogens with one attached hydrogen (secondary N) is 1. The molecule has 3 aromatic rings. The first kappa shape index (κ1) is 24.5. The second-order valence-electron chi connectivity index (χ2n) is 10.2. The SMILES string of the molecule is COC(=O)[C@@H]1Cc2c([nH]c3ccccc23)[C@H]2C[C@H](N3CCOCC3)C[C@@H](c3ccc(C(F)(F)F)cc3)N21. The van der Waals surface area contributed by atoms with Crippen molar-refractivity contribution in [2.75, 3.05) is 33.4 Å². The van der Waals surface area contributed by atoms with Gasteiger partial charge in [0, 0.05) is 48.2 Å². The van der Waals surface area contributed by atoms with Crippen LogP contribution in [0.5, 0.6) is 0 Å². The lowest BCUT2D eigenvalue weighted by atomic mass is 9.79. The van der Waals surface area contributed by atoms with Crippen LogP contribution >= 0.6 is 0 Å². The van der Waals surface area contributed by atoms with Crippen molar-refractivity contribution >= 4 is 16.9 Å². The second kappa shape index (κ2) is 9.45. The predicted octanol–water partition coefficient (Wildman–Crippen LogP) is 4.86. The third kappa shape index (κ3) is 4.32. The maximum atomic E-state index is 13.3. The summed E-state index contributed by atoms with van der Waals surface area (Å²) in [5, 5.41) is 1.10. The zero-order chi connectivity index (χ0) is 25.7. The highest BCUT2D eigenvalue weighted by molar-refractivity contribution is 5.87. The minimum Gasteiger partial charge on any atom is -0.468 e. The number of hydrogen-bond donors (Lipinski definition) is 1. The average Bonchev–Trinajstić information content (AvgIpc) is 3.30. The van der Waals surface area contributed by atoms with E-state index in [2.05, 4.69) is 20.9 Å². The van der Waals surface area contributed by atoms with Gasteiger partial charge in [-0.1, -0.05) is 30.3 Å². The number of alkyl halides is 3. The van der Waals surface area contributed by atoms with Crippen LogP contribution in [-0.4, -0.2) is 66.2 Å². The first-order valence-electron chi connectivity index (χ1n) is 12.8. The Balaban J connectivity index is 1.47. The number of aromatic amines is 1. The number of para-hydroxylation sites is 1. The third-order valence-corrected chi connectivity index (χ3v) is 8.31. The Kier molecular flexibility index (Phi) is 6.25. The fourth-order valence-corrected chi connectivity index (χ4v) is 6.58. The van der Waals surface area contributed by atoms with E-state index in [0.29, 0.717) is 26.1 Å². The molecule has 196 valence electrons. The normalized spacial score (nSPS) is 27.0. The highest BCUT2D eigenvalue weighted by Crippen LogP contribution is 2.50. The van der Waals surface area contributed by atoms with Gasteiger partial charge < -0.3 is 14.5 Å². The molecule has 6 nitrogen and oxygen atoms in total. The summed E-state index contributed by atoms with van der Waals surface area (Å²) in [6, 6.07) is 12.9. The van der Waals surface area contributed by atoms with Gasteiger partial charge in [-0.05, 0) is 42.2 Å². The van der Waals surface area contributed by atoms with Crippen LogP contribution in [0.2, 0.25) is 0 Å². The molecular formula is C28H30F3N3O3. The summed E-state index contributed by atoms with van der Waals surface area (Å²) < 4.78 is 50.8. The zero-order valence-corrected chi connectivity index (χ0v) is 20.6. The standard InChI is InChI=1S/C28H30F3N3O3/c1-36-27(35)25-16-21-20-4-2-3-5-22(20)32-26(21)24-15-19(33-10-12-37-13-11-33)14-23(34(24)25)17-6-8-18(9-7-17)28(29,30)31/h2-9,19,23-25,32H,10-16H2,1H3/t19-,23+,24-,25+/m1/s1. The maximum Gasteiger partial charge on any atom is 0.416 e. The lowest BCUT2D eigenvalue weighted by molar-refractivity contribution is -0.153. The van der Waals surface area contributed by atoms with Crippen molar-refractivity contribution in [1.29, 1.82) is 0 Å². The van der Waals surface area contributed by atoms with E-state index in [9.17, 15) is 18.0 Å². The molecule has 0 unspecified atom stereocenters. The number of nitrogens with zero attached hydrogens (tertiary/aromatic N) is 2. The number of carbonyl (C=O) groups is 1. The van der Waals surface area contributed by atoms with Gasteiger partial charge in [0.15, 0.2) is 0 Å². The number of ether oxygens (including phenoxy) is 2. The summed E-state index contributed by atoms with van der Waals surface area (Å²) in [5.41, 5.74) is 3.36. The van der Waals surface area contributed by atoms with Crippen molar-refractivity contribution in [2.45, 2.75) is 49.6 Å². The number of H-pyrrole nitrogens is 1. The van der Waals surface area contributed by atoms with Crippen molar-refractivity contribution in [2.24, 2.45) is 0 Å². The number of methoxy groups -OCH3 is 1. The topological polar surface area (TPSA) is 57.8 Å². The number of halogens is 3. The van der Waals surface area contributed by atoms with Gasteiger partial charge in [-0.3, -0.25) is 14.6 Å². The summed E-state index contributed by atoms with van der Waals surface area (Å²) in [6.07, 6.45) is -2.39. The van der Waals surface area contributed by atoms with Crippen molar-refractivity contribution in [3.05, 3.63) is 70.9 Å². The molecule has 0 spiro atoms. The lowest BCUT2D eigenvalue weighted by Gasteiger charge is -2.52. The van der Waals surface area contributed by atoms with Crippen molar-refractivity contribution in [3.63, 3.8) is 0 Å². The van der Waals surface area contributed by atoms with Crippen LogP contribution in [0.25, 0.3) is 10.9 Å². The molecule has 9 heteroatoms. The molecule has 0 radical (unpaired) electrons. The van der Waals surface area contributed by atoms with Gasteiger partial charge in [-0.25, -0.2) is 0 Å². The molecule has 4 atom stereocenters. The Hall–Kier alpha value is -2.88. The van der Waals surface area contributed by atoms with Crippen LogP contribution in [0, 0.1) is 0 Å². The Bertz CT molecular complexity index is 1280. The van der Waals surface area contributed by atoms with Crippen LogP contribution in [0.3, 0.4) is 0 Å². The Labute approximate surface area is 213 Å². The fourth-order valence-electron chi connectivity index (χ4n) is 6.58. The first-order valence-corrected chi connectivity index (χ1v) is 12.8. The molecule has 2 fully saturated rings. The minimum absolute atomic E-state index is 0.103. The van der Waals surface area contributed by atoms with Gasteiger partial charge in [0.05, 0.1) is 31.9 Å². The summed E-state index contributed by atoms with van der Waals surface area (Å²) in [6.45, 7) is 2.96. The molecule has 1 aromatic heterocycles. The number of piperidine rings is 1. The molecule has 0 amide bonds. The van der Waals surface area contributed by atoms with Gasteiger partial charge >= 0.3 is 12.1 Å². The van der Waals surface area contributed by atoms with Crippen molar-refractivity contribution in [3.8, 4) is 0 Å². The number of benzene rings is 2. The number of rotatable bonds is 3. The minimum atomic E-state index is -4.40. The number of aromatic nitrogens is 1. The van der Waals surface area contributed by atoms with Crippen LogP contribution in [0.1, 0.15) is 47.3 Å². The summed E-state index contributed by atoms with van der Waals surface area (Å²) >= 11 is 0. The molecule has 0 saturated carbocycles. The van der Waals surface area contributed by atoms with Gasteiger partial charge in [-0.2, -0.15) is 13.2 Å². The molecule has 0 aliphatic carbocycles. The molecule has 3 aliphatic rings. The van der Waals surface area contributed by atoms with E-state index in [0.717, 1.165) is 59.4 Å². The smallest absolute Gasteiger partial charge is 0.416 e. The summed E-state index contributed by atoms with van der Waals surface area (Å²) in [4.78, 5) is 21.4. The highest BCUT2D eigenvalue weighted by Gasteiger charge is 2.49. The quantitative estimate of drug-likeness (QED) is 0.507. The molecule has 2 aromatic carbocycles. The Morgan fingerprint density at radius 1 is 1.03 bits per heavy atom. The number of carbonyl (C=O) groups excluding carboxylic acids is 1. The Morgan fingerprint density at radius 2 is 1.73 bits per heavy atom. The lowest BCUT2D eigenvalue weighted by Crippen LogP contribution is -2.57. The number of fused-ring (bicyclic) bond motifs is 5. The van der Waals surface area contributed by atoms with E-state index < -0.39 is 17.8 Å². The van der Waals surface area contributed by atoms with Crippen molar-refractivity contribution < 1.29 is 27.4 Å². The van der Waals surface area contributed by atoms with E-state index in [4.69, 9.17) is 9.47 Å². The fraction of sp³-hybridized carbons (Fsp3) is 0.464. The molecule has 1 N–H and O–H groups in total. The van der Waals surface area contributed by atoms with E-state index >= 15 is 0 Å². The van der Waals surface area contributed by atoms with Gasteiger partial charge in [0.2, 0.25) is 0 Å². The van der Waals surface area contributed by atoms with Crippen LogP contribution in [-0.2, 0) is 26.9 Å². The van der Waals surface area contributed by atoms with Gasteiger partial charge in [-0.15, -0.1) is 0 Å². The molecule has 37 heavy (non-hydrogen) atoms. The van der Waals surface area contributed by atoms with Crippen LogP contribution in [0.15, 0.2) is 48.5 Å². The predicted molar refractivity (Wildman–Crippen MR) is 132 cm³/mol. The molecule has 2 saturated heterocycles. The zero-order valence-electron chi connectivity index (χ0n) is 20.6. The average molecular weight is 514 g/mol. The third-order valence-electron chi connectivity index (χ3n) is 8.31. The van der Waals surface area contributed by atoms with E-state index in [1.54, 1.807) is 12.1 Å². The van der Waals surface area contributed by atoms with Gasteiger partial charge in [0.1, 0.15) is 6.04 Å². The highest BCUT2D eigenvalue weighted by atomic mass is 19.4. The molecular weight excluding hydrogens is 483 g/mol. The second-order valence-corrected chi connectivity index (χ2v) is 10.2. The van der Waals surface area contributed by atoms with Crippen molar-refractivity contribution in [1.82, 2.24) is 14.8 Å². The number of hydrogen-bond acceptors (Lipinski definition) is 5. The van der Waals surface area contributed by atoms with Crippen LogP contribution in [0.4, 0.5) is 13.2 Å². The summed E-state index contributed by atoms with van der Waals surface area (Å²) in [7, 11) is 1.40. The largest absolute Gasteiger partial charge is 0.468 e. The van der Waals surface area contributed by atoms with E-state index in [1.807, 2.05) is 18.2 Å². The van der Waals surface area contributed by atoms with E-state index in [1.165, 1.54) is 7.11 Å². The molecule has 0 bridgehead atoms. The summed E-state index contributed by atoms with van der Waals surface area (Å²) in [5.74, 6) is -0.317. The first-order chi connectivity index (χ1) is 17.8. The number of esters is 1. The monoisotopic (exact) mass is 513 g/mol. The maximum absolute atomic E-state index is 13.3. The number of morpholine rings is 1. The van der Waals surface area contributed by atoms with E-state index in [-0.39, 0.29) is 24.1 Å². The molecule has 6 rings (SSSR count). The van der Waals surface area contributed by atoms with Crippen LogP contribution < -0.4 is 0 Å². The molecule has 3 aliphatic heterocycles. The van der Waals surface area contributed by atoms with Gasteiger partial charge in [0.25, 0.3) is 0 Å².